The molecule has 0 unspecified atom stereocenters. The number of likely N-dealkylation sites (tertiary alicyclic amines) is 1. The first-order valence-electron chi connectivity index (χ1n) is 7.77. The van der Waals surface area contributed by atoms with Crippen LogP contribution in [0.1, 0.15) is 16.2 Å². The molecular weight excluding hydrogens is 286 g/mol. The minimum Gasteiger partial charge on any atom is -0.335 e. The van der Waals surface area contributed by atoms with Crippen LogP contribution in [0, 0.1) is 5.92 Å². The molecule has 1 aliphatic rings. The lowest BCUT2D eigenvalue weighted by Gasteiger charge is -2.37. The number of nitrogens with zero attached hydrogens (tertiary/aromatic N) is 2. The Bertz CT molecular complexity index is 827. The molecule has 0 spiro atoms. The number of carbonyl (C=O) groups excluding carboxylic acids is 1. The molecule has 114 valence electrons. The first kappa shape index (κ1) is 13.8. The van der Waals surface area contributed by atoms with Gasteiger partial charge in [0.25, 0.3) is 5.91 Å². The molecule has 2 aromatic carbocycles. The third-order valence-corrected chi connectivity index (χ3v) is 4.15. The summed E-state index contributed by atoms with van der Waals surface area (Å²) in [5, 5.41) is 0. The van der Waals surface area contributed by atoms with Gasteiger partial charge in [-0.2, -0.15) is 0 Å². The molecule has 4 rings (SSSR count). The van der Waals surface area contributed by atoms with Crippen molar-refractivity contribution in [3.8, 4) is 0 Å². The summed E-state index contributed by atoms with van der Waals surface area (Å²) >= 11 is 0. The maximum atomic E-state index is 12.4. The molecular formula is C19H17N3O. The number of amides is 1. The molecule has 1 aromatic heterocycles. The molecule has 0 saturated carbocycles. The molecule has 1 N–H and O–H groups in total. The zero-order chi connectivity index (χ0) is 15.6. The Kier molecular flexibility index (Phi) is 3.42. The molecule has 3 aromatic rings. The molecule has 0 atom stereocenters. The number of carbonyl (C=O) groups is 1. The molecule has 23 heavy (non-hydrogen) atoms. The standard InChI is InChI=1S/C19H17N3O/c23-19(18-20-16-8-4-5-9-17(16)21-18)22-12-15(13-22)11-10-14-6-2-1-3-7-14/h1-11,15H,12-13H2,(H,20,21). The second-order valence-corrected chi connectivity index (χ2v) is 5.84. The molecule has 1 aliphatic heterocycles. The Morgan fingerprint density at radius 2 is 1.83 bits per heavy atom. The lowest BCUT2D eigenvalue weighted by molar-refractivity contribution is 0.0558. The van der Waals surface area contributed by atoms with Crippen molar-refractivity contribution in [1.82, 2.24) is 14.9 Å². The normalized spacial score (nSPS) is 15.2. The van der Waals surface area contributed by atoms with Crippen molar-refractivity contribution < 1.29 is 4.79 Å². The summed E-state index contributed by atoms with van der Waals surface area (Å²) in [5.41, 5.74) is 2.92. The SMILES string of the molecule is O=C(c1nc2ccccc2[nH]1)N1CC(C=Cc2ccccc2)C1. The van der Waals surface area contributed by atoms with Crippen LogP contribution in [-0.2, 0) is 0 Å². The largest absolute Gasteiger partial charge is 0.335 e. The van der Waals surface area contributed by atoms with Crippen LogP contribution in [-0.4, -0.2) is 33.9 Å². The van der Waals surface area contributed by atoms with Crippen LogP contribution >= 0.6 is 0 Å². The maximum absolute atomic E-state index is 12.4. The summed E-state index contributed by atoms with van der Waals surface area (Å²) in [6.45, 7) is 1.50. The number of aromatic amines is 1. The highest BCUT2D eigenvalue weighted by atomic mass is 16.2. The van der Waals surface area contributed by atoms with E-state index < -0.39 is 0 Å². The Labute approximate surface area is 134 Å². The fourth-order valence-corrected chi connectivity index (χ4v) is 2.82. The van der Waals surface area contributed by atoms with Crippen LogP contribution in [0.25, 0.3) is 17.1 Å². The van der Waals surface area contributed by atoms with Crippen molar-refractivity contribution in [3.05, 3.63) is 72.1 Å². The van der Waals surface area contributed by atoms with E-state index in [-0.39, 0.29) is 5.91 Å². The Morgan fingerprint density at radius 1 is 1.09 bits per heavy atom. The molecule has 4 nitrogen and oxygen atoms in total. The molecule has 4 heteroatoms. The summed E-state index contributed by atoms with van der Waals surface area (Å²) in [6.07, 6.45) is 4.30. The van der Waals surface area contributed by atoms with E-state index in [4.69, 9.17) is 0 Å². The molecule has 0 aliphatic carbocycles. The van der Waals surface area contributed by atoms with Gasteiger partial charge in [0.15, 0.2) is 5.82 Å². The van der Waals surface area contributed by atoms with Gasteiger partial charge in [0.05, 0.1) is 11.0 Å². The first-order valence-corrected chi connectivity index (χ1v) is 7.77. The van der Waals surface area contributed by atoms with E-state index in [9.17, 15) is 4.79 Å². The van der Waals surface area contributed by atoms with Gasteiger partial charge in [-0.1, -0.05) is 54.6 Å². The highest BCUT2D eigenvalue weighted by Crippen LogP contribution is 2.21. The van der Waals surface area contributed by atoms with Gasteiger partial charge >= 0.3 is 0 Å². The zero-order valence-corrected chi connectivity index (χ0v) is 12.6. The van der Waals surface area contributed by atoms with Gasteiger partial charge in [-0.3, -0.25) is 4.79 Å². The predicted molar refractivity (Wildman–Crippen MR) is 91.0 cm³/mol. The van der Waals surface area contributed by atoms with E-state index in [1.807, 2.05) is 47.4 Å². The lowest BCUT2D eigenvalue weighted by Crippen LogP contribution is -2.49. The lowest BCUT2D eigenvalue weighted by atomic mass is 9.98. The van der Waals surface area contributed by atoms with Crippen LogP contribution < -0.4 is 0 Å². The van der Waals surface area contributed by atoms with Crippen LogP contribution in [0.15, 0.2) is 60.7 Å². The predicted octanol–water partition coefficient (Wildman–Crippen LogP) is 3.35. The fraction of sp³-hybridized carbons (Fsp3) is 0.158. The average Bonchev–Trinajstić information content (AvgIpc) is 2.98. The average molecular weight is 303 g/mol. The smallest absolute Gasteiger partial charge is 0.289 e. The first-order chi connectivity index (χ1) is 11.3. The quantitative estimate of drug-likeness (QED) is 0.806. The highest BCUT2D eigenvalue weighted by molar-refractivity contribution is 5.94. The number of hydrogen-bond acceptors (Lipinski definition) is 2. The molecule has 1 amide bonds. The Balaban J connectivity index is 1.39. The van der Waals surface area contributed by atoms with Gasteiger partial charge < -0.3 is 9.88 Å². The van der Waals surface area contributed by atoms with E-state index in [0.717, 1.165) is 24.1 Å². The summed E-state index contributed by atoms with van der Waals surface area (Å²) in [7, 11) is 0. The van der Waals surface area contributed by atoms with Crippen molar-refractivity contribution in [2.75, 3.05) is 13.1 Å². The second-order valence-electron chi connectivity index (χ2n) is 5.84. The van der Waals surface area contributed by atoms with Gasteiger partial charge in [-0.05, 0) is 17.7 Å². The third-order valence-electron chi connectivity index (χ3n) is 4.15. The number of fused-ring (bicyclic) bond motifs is 1. The number of nitrogens with one attached hydrogen (secondary N) is 1. The monoisotopic (exact) mass is 303 g/mol. The minimum absolute atomic E-state index is 0.0226. The van der Waals surface area contributed by atoms with Gasteiger partial charge in [0, 0.05) is 19.0 Å². The number of rotatable bonds is 3. The molecule has 1 saturated heterocycles. The Morgan fingerprint density at radius 3 is 2.61 bits per heavy atom. The van der Waals surface area contributed by atoms with E-state index >= 15 is 0 Å². The van der Waals surface area contributed by atoms with Crippen molar-refractivity contribution in [2.45, 2.75) is 0 Å². The number of aromatic nitrogens is 2. The van der Waals surface area contributed by atoms with Crippen molar-refractivity contribution in [2.24, 2.45) is 5.92 Å². The summed E-state index contributed by atoms with van der Waals surface area (Å²) in [6, 6.07) is 17.9. The van der Waals surface area contributed by atoms with Gasteiger partial charge in [0.1, 0.15) is 0 Å². The van der Waals surface area contributed by atoms with Gasteiger partial charge in [-0.15, -0.1) is 0 Å². The van der Waals surface area contributed by atoms with Crippen molar-refractivity contribution in [1.29, 1.82) is 0 Å². The van der Waals surface area contributed by atoms with Gasteiger partial charge in [-0.25, -0.2) is 4.98 Å². The van der Waals surface area contributed by atoms with Crippen LogP contribution in [0.4, 0.5) is 0 Å². The second kappa shape index (κ2) is 5.72. The van der Waals surface area contributed by atoms with Gasteiger partial charge in [0.2, 0.25) is 0 Å². The number of hydrogen-bond donors (Lipinski definition) is 1. The molecule has 2 heterocycles. The molecule has 0 bridgehead atoms. The summed E-state index contributed by atoms with van der Waals surface area (Å²) in [4.78, 5) is 21.7. The van der Waals surface area contributed by atoms with E-state index in [1.54, 1.807) is 0 Å². The van der Waals surface area contributed by atoms with Crippen molar-refractivity contribution >= 4 is 23.0 Å². The third kappa shape index (κ3) is 2.75. The number of para-hydroxylation sites is 2. The molecule has 0 radical (unpaired) electrons. The number of benzene rings is 2. The van der Waals surface area contributed by atoms with E-state index in [1.165, 1.54) is 5.56 Å². The highest BCUT2D eigenvalue weighted by Gasteiger charge is 2.30. The maximum Gasteiger partial charge on any atom is 0.289 e. The van der Waals surface area contributed by atoms with E-state index in [0.29, 0.717) is 11.7 Å². The van der Waals surface area contributed by atoms with Crippen LogP contribution in [0.2, 0.25) is 0 Å². The number of imidazole rings is 1. The molecule has 1 fully saturated rings. The topological polar surface area (TPSA) is 49.0 Å². The van der Waals surface area contributed by atoms with Crippen molar-refractivity contribution in [3.63, 3.8) is 0 Å². The Hall–Kier alpha value is -2.88. The summed E-state index contributed by atoms with van der Waals surface area (Å²) < 4.78 is 0. The zero-order valence-electron chi connectivity index (χ0n) is 12.6. The number of H-pyrrole nitrogens is 1. The summed E-state index contributed by atoms with van der Waals surface area (Å²) in [5.74, 6) is 0.825. The van der Waals surface area contributed by atoms with Crippen LogP contribution in [0.3, 0.4) is 0 Å². The van der Waals surface area contributed by atoms with E-state index in [2.05, 4.69) is 34.3 Å². The van der Waals surface area contributed by atoms with Crippen LogP contribution in [0.5, 0.6) is 0 Å². The fourth-order valence-electron chi connectivity index (χ4n) is 2.82. The minimum atomic E-state index is -0.0226.